The number of halogens is 1. The van der Waals surface area contributed by atoms with Crippen LogP contribution in [0.1, 0.15) is 5.56 Å². The molecule has 0 saturated carbocycles. The van der Waals surface area contributed by atoms with Crippen LogP contribution in [-0.4, -0.2) is 14.8 Å². The van der Waals surface area contributed by atoms with E-state index < -0.39 is 0 Å². The van der Waals surface area contributed by atoms with Crippen LogP contribution in [0.3, 0.4) is 0 Å². The maximum atomic E-state index is 11.2. The van der Waals surface area contributed by atoms with Gasteiger partial charge in [0.15, 0.2) is 5.16 Å². The van der Waals surface area contributed by atoms with E-state index in [2.05, 4.69) is 32.2 Å². The number of H-pyrrole nitrogens is 1. The largest absolute Gasteiger partial charge is 0.343 e. The van der Waals surface area contributed by atoms with Crippen LogP contribution in [0, 0.1) is 11.3 Å². The predicted octanol–water partition coefficient (Wildman–Crippen LogP) is 1.89. The van der Waals surface area contributed by atoms with Crippen LogP contribution in [0.2, 0.25) is 0 Å². The SMILES string of the molecule is Cn1c(Sc2cc(Br)ccc2C#N)n[nH]c1=O. The molecule has 1 aromatic carbocycles. The average Bonchev–Trinajstić information content (AvgIpc) is 2.61. The summed E-state index contributed by atoms with van der Waals surface area (Å²) in [5.41, 5.74) is 0.273. The Morgan fingerprint density at radius 2 is 2.35 bits per heavy atom. The molecule has 1 aromatic heterocycles. The van der Waals surface area contributed by atoms with Gasteiger partial charge < -0.3 is 0 Å². The van der Waals surface area contributed by atoms with Crippen molar-refractivity contribution >= 4 is 27.7 Å². The predicted molar refractivity (Wildman–Crippen MR) is 66.8 cm³/mol. The van der Waals surface area contributed by atoms with Gasteiger partial charge in [-0.15, -0.1) is 5.10 Å². The van der Waals surface area contributed by atoms with Gasteiger partial charge in [0.05, 0.1) is 5.56 Å². The van der Waals surface area contributed by atoms with Gasteiger partial charge in [-0.1, -0.05) is 15.9 Å². The monoisotopic (exact) mass is 310 g/mol. The Bertz CT molecular complexity index is 655. The van der Waals surface area contributed by atoms with Crippen molar-refractivity contribution in [3.8, 4) is 6.07 Å². The van der Waals surface area contributed by atoms with Gasteiger partial charge in [0.25, 0.3) is 0 Å². The molecule has 0 saturated heterocycles. The van der Waals surface area contributed by atoms with E-state index in [1.165, 1.54) is 16.3 Å². The van der Waals surface area contributed by atoms with Gasteiger partial charge in [0.2, 0.25) is 0 Å². The molecule has 0 unspecified atom stereocenters. The number of nitrogens with one attached hydrogen (secondary N) is 1. The molecule has 1 heterocycles. The Labute approximate surface area is 110 Å². The molecule has 0 aliphatic rings. The van der Waals surface area contributed by atoms with Crippen LogP contribution in [0.5, 0.6) is 0 Å². The van der Waals surface area contributed by atoms with Crippen LogP contribution in [0.4, 0.5) is 0 Å². The smallest absolute Gasteiger partial charge is 0.273 e. The standard InChI is InChI=1S/C10H7BrN4OS/c1-15-9(16)13-14-10(15)17-8-4-7(11)3-2-6(8)5-12/h2-4H,1H3,(H,13,16). The molecule has 1 N–H and O–H groups in total. The molecule has 2 rings (SSSR count). The van der Waals surface area contributed by atoms with Gasteiger partial charge in [-0.25, -0.2) is 9.89 Å². The van der Waals surface area contributed by atoms with Crippen molar-refractivity contribution in [3.05, 3.63) is 38.7 Å². The summed E-state index contributed by atoms with van der Waals surface area (Å²) < 4.78 is 2.27. The Kier molecular flexibility index (Phi) is 3.36. The van der Waals surface area contributed by atoms with Crippen LogP contribution >= 0.6 is 27.7 Å². The summed E-state index contributed by atoms with van der Waals surface area (Å²) in [4.78, 5) is 12.0. The minimum absolute atomic E-state index is 0.277. The molecule has 0 atom stereocenters. The molecule has 86 valence electrons. The normalized spacial score (nSPS) is 10.2. The van der Waals surface area contributed by atoms with E-state index in [9.17, 15) is 4.79 Å². The van der Waals surface area contributed by atoms with Crippen molar-refractivity contribution in [1.82, 2.24) is 14.8 Å². The van der Waals surface area contributed by atoms with Crippen molar-refractivity contribution in [2.24, 2.45) is 7.05 Å². The summed E-state index contributed by atoms with van der Waals surface area (Å²) in [5, 5.41) is 15.7. The van der Waals surface area contributed by atoms with Gasteiger partial charge in [0.1, 0.15) is 6.07 Å². The number of nitrogens with zero attached hydrogens (tertiary/aromatic N) is 3. The lowest BCUT2D eigenvalue weighted by Crippen LogP contribution is -2.12. The van der Waals surface area contributed by atoms with Gasteiger partial charge in [-0.3, -0.25) is 4.57 Å². The molecular formula is C10H7BrN4OS. The number of nitriles is 1. The minimum atomic E-state index is -0.277. The molecule has 0 amide bonds. The highest BCUT2D eigenvalue weighted by molar-refractivity contribution is 9.10. The molecule has 0 aliphatic carbocycles. The number of hydrogen-bond donors (Lipinski definition) is 1. The first kappa shape index (κ1) is 12.0. The lowest BCUT2D eigenvalue weighted by molar-refractivity contribution is 0.766. The van der Waals surface area contributed by atoms with E-state index in [0.717, 1.165) is 9.37 Å². The third-order valence-electron chi connectivity index (χ3n) is 2.10. The fourth-order valence-electron chi connectivity index (χ4n) is 1.20. The van der Waals surface area contributed by atoms with E-state index in [1.807, 2.05) is 6.07 Å². The molecule has 5 nitrogen and oxygen atoms in total. The quantitative estimate of drug-likeness (QED) is 0.919. The minimum Gasteiger partial charge on any atom is -0.273 e. The number of aromatic amines is 1. The maximum Gasteiger partial charge on any atom is 0.343 e. The maximum absolute atomic E-state index is 11.2. The van der Waals surface area contributed by atoms with E-state index in [4.69, 9.17) is 5.26 Å². The third kappa shape index (κ3) is 2.43. The lowest BCUT2D eigenvalue weighted by Gasteiger charge is -2.03. The molecule has 0 aliphatic heterocycles. The van der Waals surface area contributed by atoms with Gasteiger partial charge in [-0.05, 0) is 30.0 Å². The highest BCUT2D eigenvalue weighted by Crippen LogP contribution is 2.30. The van der Waals surface area contributed by atoms with Crippen molar-refractivity contribution in [2.45, 2.75) is 10.1 Å². The van der Waals surface area contributed by atoms with Crippen LogP contribution in [-0.2, 0) is 7.05 Å². The second kappa shape index (κ2) is 4.77. The Morgan fingerprint density at radius 3 is 2.94 bits per heavy atom. The second-order valence-corrected chi connectivity index (χ2v) is 5.15. The molecular weight excluding hydrogens is 304 g/mol. The zero-order chi connectivity index (χ0) is 12.4. The van der Waals surface area contributed by atoms with Gasteiger partial charge in [0, 0.05) is 16.4 Å². The number of aromatic nitrogens is 3. The molecule has 2 aromatic rings. The van der Waals surface area contributed by atoms with E-state index in [-0.39, 0.29) is 5.69 Å². The van der Waals surface area contributed by atoms with E-state index >= 15 is 0 Å². The summed E-state index contributed by atoms with van der Waals surface area (Å²) in [5.74, 6) is 0. The molecule has 0 fully saturated rings. The van der Waals surface area contributed by atoms with E-state index in [0.29, 0.717) is 10.7 Å². The van der Waals surface area contributed by atoms with E-state index in [1.54, 1.807) is 19.2 Å². The summed E-state index contributed by atoms with van der Waals surface area (Å²) in [6.45, 7) is 0. The Hall–Kier alpha value is -1.52. The first-order valence-electron chi connectivity index (χ1n) is 4.60. The fraction of sp³-hybridized carbons (Fsp3) is 0.100. The summed E-state index contributed by atoms with van der Waals surface area (Å²) >= 11 is 4.61. The van der Waals surface area contributed by atoms with Gasteiger partial charge in [-0.2, -0.15) is 5.26 Å². The average molecular weight is 311 g/mol. The highest BCUT2D eigenvalue weighted by atomic mass is 79.9. The first-order valence-corrected chi connectivity index (χ1v) is 6.21. The zero-order valence-electron chi connectivity index (χ0n) is 8.77. The summed E-state index contributed by atoms with van der Waals surface area (Å²) in [6, 6.07) is 7.44. The van der Waals surface area contributed by atoms with Crippen molar-refractivity contribution in [1.29, 1.82) is 5.26 Å². The van der Waals surface area contributed by atoms with Gasteiger partial charge >= 0.3 is 5.69 Å². The lowest BCUT2D eigenvalue weighted by atomic mass is 10.2. The Morgan fingerprint density at radius 1 is 1.59 bits per heavy atom. The summed E-state index contributed by atoms with van der Waals surface area (Å²) in [6.07, 6.45) is 0. The molecule has 0 spiro atoms. The zero-order valence-corrected chi connectivity index (χ0v) is 11.2. The van der Waals surface area contributed by atoms with Crippen molar-refractivity contribution in [3.63, 3.8) is 0 Å². The number of rotatable bonds is 2. The summed E-state index contributed by atoms with van der Waals surface area (Å²) in [7, 11) is 1.62. The Balaban J connectivity index is 2.43. The number of benzene rings is 1. The third-order valence-corrected chi connectivity index (χ3v) is 3.70. The van der Waals surface area contributed by atoms with Crippen molar-refractivity contribution < 1.29 is 0 Å². The molecule has 17 heavy (non-hydrogen) atoms. The highest BCUT2D eigenvalue weighted by Gasteiger charge is 2.10. The van der Waals surface area contributed by atoms with Crippen LogP contribution in [0.25, 0.3) is 0 Å². The second-order valence-electron chi connectivity index (χ2n) is 3.22. The molecule has 7 heteroatoms. The first-order chi connectivity index (χ1) is 8.11. The number of hydrogen-bond acceptors (Lipinski definition) is 4. The molecule has 0 radical (unpaired) electrons. The fourth-order valence-corrected chi connectivity index (χ4v) is 2.63. The topological polar surface area (TPSA) is 74.5 Å². The van der Waals surface area contributed by atoms with Crippen LogP contribution < -0.4 is 5.69 Å². The van der Waals surface area contributed by atoms with Crippen molar-refractivity contribution in [2.75, 3.05) is 0 Å². The van der Waals surface area contributed by atoms with Crippen LogP contribution in [0.15, 0.2) is 37.5 Å². The molecule has 0 bridgehead atoms.